The molecule has 1 N–H and O–H groups in total. The third-order valence-corrected chi connectivity index (χ3v) is 5.25. The Morgan fingerprint density at radius 2 is 1.82 bits per heavy atom. The number of fused-ring (bicyclic) bond motifs is 1. The van der Waals surface area contributed by atoms with Gasteiger partial charge in [0.2, 0.25) is 11.8 Å². The summed E-state index contributed by atoms with van der Waals surface area (Å²) in [5, 5.41) is 3.11. The first-order valence-electron chi connectivity index (χ1n) is 10.4. The van der Waals surface area contributed by atoms with Crippen molar-refractivity contribution in [1.82, 2.24) is 24.5 Å². The molecule has 11 heteroatoms. The van der Waals surface area contributed by atoms with E-state index in [-0.39, 0.29) is 11.8 Å². The minimum Gasteiger partial charge on any atom is -0.481 e. The van der Waals surface area contributed by atoms with Crippen molar-refractivity contribution >= 4 is 28.5 Å². The fraction of sp³-hybridized carbons (Fsp3) is 0.273. The highest BCUT2D eigenvalue weighted by molar-refractivity contribution is 5.78. The highest BCUT2D eigenvalue weighted by Gasteiger charge is 2.23. The molecule has 0 aliphatic carbocycles. The van der Waals surface area contributed by atoms with Crippen LogP contribution in [-0.2, 0) is 4.74 Å². The van der Waals surface area contributed by atoms with Crippen LogP contribution in [0.2, 0.25) is 0 Å². The number of halogens is 2. The maximum Gasteiger partial charge on any atom is 0.296 e. The maximum atomic E-state index is 13.9. The lowest BCUT2D eigenvalue weighted by molar-refractivity contribution is 0.122. The van der Waals surface area contributed by atoms with Crippen LogP contribution in [0.25, 0.3) is 16.9 Å². The second-order valence-corrected chi connectivity index (χ2v) is 7.32. The van der Waals surface area contributed by atoms with Crippen LogP contribution >= 0.6 is 0 Å². The molecule has 0 atom stereocenters. The number of aromatic nitrogens is 5. The number of nitrogens with one attached hydrogen (secondary N) is 1. The molecule has 1 fully saturated rings. The number of hydrogen-bond donors (Lipinski definition) is 1. The normalized spacial score (nSPS) is 14.1. The Morgan fingerprint density at radius 3 is 2.55 bits per heavy atom. The number of pyridine rings is 1. The van der Waals surface area contributed by atoms with Gasteiger partial charge in [0.1, 0.15) is 11.6 Å². The first-order valence-corrected chi connectivity index (χ1v) is 10.4. The van der Waals surface area contributed by atoms with Crippen LogP contribution in [0.1, 0.15) is 12.2 Å². The molecule has 170 valence electrons. The Kier molecular flexibility index (Phi) is 5.69. The van der Waals surface area contributed by atoms with E-state index in [1.165, 1.54) is 11.7 Å². The number of imidazole rings is 1. The standard InChI is InChI=1S/C22H21F2N7O2/c1-32-19-7-6-14(13-25-19)26-22-28-17(30-8-10-33-11-9-30)12-18(29-22)31-16-5-3-2-4-15(16)27-21(31)20(23)24/h2-7,12-13,20H,8-11H2,1H3,(H,26,28,29). The van der Waals surface area contributed by atoms with Gasteiger partial charge in [-0.1, -0.05) is 12.1 Å². The molecule has 0 spiro atoms. The van der Waals surface area contributed by atoms with Crippen LogP contribution in [0.5, 0.6) is 5.88 Å². The van der Waals surface area contributed by atoms with Crippen LogP contribution in [0.3, 0.4) is 0 Å². The minimum absolute atomic E-state index is 0.249. The summed E-state index contributed by atoms with van der Waals surface area (Å²) in [4.78, 5) is 19.5. The molecule has 1 aromatic carbocycles. The molecule has 1 saturated heterocycles. The first kappa shape index (κ1) is 21.0. The SMILES string of the molecule is COc1ccc(Nc2nc(N3CCOCC3)cc(-n3c(C(F)F)nc4ccccc43)n2)cn1. The van der Waals surface area contributed by atoms with Gasteiger partial charge in [-0.25, -0.2) is 18.7 Å². The van der Waals surface area contributed by atoms with E-state index in [0.29, 0.717) is 60.5 Å². The molecule has 4 aromatic rings. The average molecular weight is 453 g/mol. The van der Waals surface area contributed by atoms with E-state index in [4.69, 9.17) is 9.47 Å². The maximum absolute atomic E-state index is 13.9. The lowest BCUT2D eigenvalue weighted by Crippen LogP contribution is -2.37. The summed E-state index contributed by atoms with van der Waals surface area (Å²) in [6.45, 7) is 2.38. The van der Waals surface area contributed by atoms with E-state index in [0.717, 1.165) is 0 Å². The van der Waals surface area contributed by atoms with Crippen molar-refractivity contribution in [2.45, 2.75) is 6.43 Å². The lowest BCUT2D eigenvalue weighted by Gasteiger charge is -2.28. The summed E-state index contributed by atoms with van der Waals surface area (Å²) >= 11 is 0. The highest BCUT2D eigenvalue weighted by Crippen LogP contribution is 2.29. The molecule has 0 saturated carbocycles. The van der Waals surface area contributed by atoms with E-state index in [1.54, 1.807) is 48.7 Å². The number of benzene rings is 1. The minimum atomic E-state index is -2.78. The lowest BCUT2D eigenvalue weighted by atomic mass is 10.3. The van der Waals surface area contributed by atoms with E-state index >= 15 is 0 Å². The number of anilines is 3. The number of hydrogen-bond acceptors (Lipinski definition) is 8. The Hall–Kier alpha value is -3.86. The van der Waals surface area contributed by atoms with Crippen LogP contribution in [0, 0.1) is 0 Å². The third kappa shape index (κ3) is 4.27. The topological polar surface area (TPSA) is 90.2 Å². The average Bonchev–Trinajstić information content (AvgIpc) is 3.25. The van der Waals surface area contributed by atoms with Gasteiger partial charge in [-0.2, -0.15) is 9.97 Å². The van der Waals surface area contributed by atoms with Gasteiger partial charge in [-0.15, -0.1) is 0 Å². The van der Waals surface area contributed by atoms with Crippen LogP contribution in [0.4, 0.5) is 26.2 Å². The van der Waals surface area contributed by atoms with E-state index in [9.17, 15) is 8.78 Å². The van der Waals surface area contributed by atoms with Crippen LogP contribution < -0.4 is 15.0 Å². The summed E-state index contributed by atoms with van der Waals surface area (Å²) in [5.41, 5.74) is 1.63. The van der Waals surface area contributed by atoms with Crippen molar-refractivity contribution in [2.75, 3.05) is 43.6 Å². The van der Waals surface area contributed by atoms with Crippen molar-refractivity contribution in [3.8, 4) is 11.7 Å². The number of ether oxygens (including phenoxy) is 2. The quantitative estimate of drug-likeness (QED) is 0.472. The van der Waals surface area contributed by atoms with E-state index < -0.39 is 6.43 Å². The van der Waals surface area contributed by atoms with Gasteiger partial charge in [0.15, 0.2) is 5.82 Å². The highest BCUT2D eigenvalue weighted by atomic mass is 19.3. The van der Waals surface area contributed by atoms with Crippen molar-refractivity contribution in [2.24, 2.45) is 0 Å². The van der Waals surface area contributed by atoms with E-state index in [2.05, 4.69) is 25.3 Å². The zero-order valence-electron chi connectivity index (χ0n) is 17.8. The predicted molar refractivity (Wildman–Crippen MR) is 119 cm³/mol. The second-order valence-electron chi connectivity index (χ2n) is 7.32. The third-order valence-electron chi connectivity index (χ3n) is 5.25. The Morgan fingerprint density at radius 1 is 1.03 bits per heavy atom. The molecule has 0 radical (unpaired) electrons. The molecule has 1 aliphatic heterocycles. The number of para-hydroxylation sites is 2. The summed E-state index contributed by atoms with van der Waals surface area (Å²) in [7, 11) is 1.53. The Balaban J connectivity index is 1.63. The fourth-order valence-electron chi connectivity index (χ4n) is 3.68. The summed E-state index contributed by atoms with van der Waals surface area (Å²) < 4.78 is 39.8. The monoisotopic (exact) mass is 453 g/mol. The molecule has 3 aromatic heterocycles. The molecule has 5 rings (SSSR count). The molecule has 0 amide bonds. The van der Waals surface area contributed by atoms with Gasteiger partial charge < -0.3 is 19.7 Å². The largest absolute Gasteiger partial charge is 0.481 e. The number of morpholine rings is 1. The zero-order valence-corrected chi connectivity index (χ0v) is 17.8. The van der Waals surface area contributed by atoms with Crippen molar-refractivity contribution in [1.29, 1.82) is 0 Å². The molecule has 0 bridgehead atoms. The molecule has 4 heterocycles. The molecular weight excluding hydrogens is 432 g/mol. The Bertz CT molecular complexity index is 1260. The van der Waals surface area contributed by atoms with Crippen LogP contribution in [0.15, 0.2) is 48.7 Å². The first-order chi connectivity index (χ1) is 16.1. The molecule has 33 heavy (non-hydrogen) atoms. The molecule has 9 nitrogen and oxygen atoms in total. The summed E-state index contributed by atoms with van der Waals surface area (Å²) in [5.74, 6) is 1.24. The van der Waals surface area contributed by atoms with Crippen molar-refractivity contribution in [3.63, 3.8) is 0 Å². The van der Waals surface area contributed by atoms with Gasteiger partial charge in [0.25, 0.3) is 6.43 Å². The van der Waals surface area contributed by atoms with Gasteiger partial charge >= 0.3 is 0 Å². The number of rotatable bonds is 6. The van der Waals surface area contributed by atoms with Crippen molar-refractivity contribution in [3.05, 3.63) is 54.5 Å². The molecular formula is C22H21F2N7O2. The smallest absolute Gasteiger partial charge is 0.296 e. The van der Waals surface area contributed by atoms with Crippen LogP contribution in [-0.4, -0.2) is 57.9 Å². The van der Waals surface area contributed by atoms with Gasteiger partial charge in [-0.3, -0.25) is 4.57 Å². The zero-order chi connectivity index (χ0) is 22.8. The second kappa shape index (κ2) is 8.94. The molecule has 0 unspecified atom stereocenters. The fourth-order valence-corrected chi connectivity index (χ4v) is 3.68. The van der Waals surface area contributed by atoms with Gasteiger partial charge in [-0.05, 0) is 18.2 Å². The molecule has 1 aliphatic rings. The Labute approximate surface area is 188 Å². The summed E-state index contributed by atoms with van der Waals surface area (Å²) in [6.07, 6.45) is -1.19. The summed E-state index contributed by atoms with van der Waals surface area (Å²) in [6, 6.07) is 12.2. The number of methoxy groups -OCH3 is 1. The number of nitrogens with zero attached hydrogens (tertiary/aromatic N) is 6. The van der Waals surface area contributed by atoms with Gasteiger partial charge in [0, 0.05) is 25.2 Å². The number of alkyl halides is 2. The predicted octanol–water partition coefficient (Wildman–Crippen LogP) is 3.74. The van der Waals surface area contributed by atoms with E-state index in [1.807, 2.05) is 4.90 Å². The van der Waals surface area contributed by atoms with Crippen molar-refractivity contribution < 1.29 is 18.3 Å². The van der Waals surface area contributed by atoms with Gasteiger partial charge in [0.05, 0.1) is 43.2 Å².